The Morgan fingerprint density at radius 3 is 2.46 bits per heavy atom. The van der Waals surface area contributed by atoms with E-state index in [9.17, 15) is 18.5 Å². The smallest absolute Gasteiger partial charge is 0.293 e. The van der Waals surface area contributed by atoms with E-state index < -0.39 is 14.9 Å². The van der Waals surface area contributed by atoms with Crippen LogP contribution in [0.2, 0.25) is 0 Å². The van der Waals surface area contributed by atoms with Gasteiger partial charge in [0, 0.05) is 32.9 Å². The molecule has 0 atom stereocenters. The van der Waals surface area contributed by atoms with Crippen molar-refractivity contribution < 1.29 is 18.1 Å². The van der Waals surface area contributed by atoms with Crippen LogP contribution in [-0.2, 0) is 14.8 Å². The third-order valence-corrected chi connectivity index (χ3v) is 5.53. The fraction of sp³-hybridized carbons (Fsp3) is 0.600. The zero-order chi connectivity index (χ0) is 17.9. The van der Waals surface area contributed by atoms with Crippen LogP contribution in [0.4, 0.5) is 11.4 Å². The minimum Gasteiger partial charge on any atom is -0.384 e. The van der Waals surface area contributed by atoms with Gasteiger partial charge in [-0.15, -0.1) is 0 Å². The first-order valence-corrected chi connectivity index (χ1v) is 9.31. The molecule has 0 spiro atoms. The Labute approximate surface area is 141 Å². The molecular formula is C15H23N3O5S. The highest BCUT2D eigenvalue weighted by molar-refractivity contribution is 7.89. The van der Waals surface area contributed by atoms with E-state index in [0.717, 1.165) is 38.4 Å². The van der Waals surface area contributed by atoms with Gasteiger partial charge in [0.2, 0.25) is 10.0 Å². The molecule has 1 aliphatic rings. The second-order valence-electron chi connectivity index (χ2n) is 6.19. The summed E-state index contributed by atoms with van der Waals surface area (Å²) in [5, 5.41) is 16.4. The largest absolute Gasteiger partial charge is 0.384 e. The van der Waals surface area contributed by atoms with Crippen molar-refractivity contribution in [3.8, 4) is 0 Å². The molecular weight excluding hydrogens is 334 g/mol. The van der Waals surface area contributed by atoms with Gasteiger partial charge in [0.05, 0.1) is 9.82 Å². The first-order valence-electron chi connectivity index (χ1n) is 7.77. The number of primary sulfonamides is 1. The Hall–Kier alpha value is -1.71. The minimum absolute atomic E-state index is 0.178. The molecule has 0 aliphatic heterocycles. The maximum atomic E-state index is 11.4. The van der Waals surface area contributed by atoms with Crippen LogP contribution in [0.15, 0.2) is 23.1 Å². The number of ether oxygens (including phenoxy) is 1. The van der Waals surface area contributed by atoms with Gasteiger partial charge in [-0.3, -0.25) is 10.1 Å². The monoisotopic (exact) mass is 357 g/mol. The molecule has 24 heavy (non-hydrogen) atoms. The van der Waals surface area contributed by atoms with Crippen LogP contribution >= 0.6 is 0 Å². The minimum atomic E-state index is -3.98. The molecule has 1 aromatic carbocycles. The Kier molecular flexibility index (Phi) is 5.79. The summed E-state index contributed by atoms with van der Waals surface area (Å²) in [4.78, 5) is 12.4. The summed E-state index contributed by atoms with van der Waals surface area (Å²) < 4.78 is 28.0. The summed E-state index contributed by atoms with van der Waals surface area (Å²) in [6.45, 7) is 0.736. The first kappa shape index (κ1) is 18.6. The average molecular weight is 357 g/mol. The lowest BCUT2D eigenvalue weighted by Crippen LogP contribution is -2.36. The topological polar surface area (TPSA) is 116 Å². The Bertz CT molecular complexity index is 699. The zero-order valence-corrected chi connectivity index (χ0v) is 14.7. The number of nitrogens with two attached hydrogens (primary N) is 1. The summed E-state index contributed by atoms with van der Waals surface area (Å²) in [6.07, 6.45) is 3.84. The zero-order valence-electron chi connectivity index (χ0n) is 13.8. The van der Waals surface area contributed by atoms with Gasteiger partial charge in [0.15, 0.2) is 0 Å². The van der Waals surface area contributed by atoms with E-state index in [2.05, 4.69) is 0 Å². The van der Waals surface area contributed by atoms with Crippen molar-refractivity contribution in [2.75, 3.05) is 25.7 Å². The number of hydrogen-bond acceptors (Lipinski definition) is 6. The lowest BCUT2D eigenvalue weighted by atomic mass is 9.85. The van der Waals surface area contributed by atoms with E-state index in [1.807, 2.05) is 4.90 Å². The molecule has 1 aromatic rings. The van der Waals surface area contributed by atoms with Crippen LogP contribution in [0.25, 0.3) is 0 Å². The summed E-state index contributed by atoms with van der Waals surface area (Å²) in [5.74, 6) is 0.527. The second kappa shape index (κ2) is 7.45. The number of nitro benzene ring substituents is 1. The molecule has 0 radical (unpaired) electrons. The highest BCUT2D eigenvalue weighted by Crippen LogP contribution is 2.35. The average Bonchev–Trinajstić information content (AvgIpc) is 2.53. The van der Waals surface area contributed by atoms with Gasteiger partial charge in [-0.1, -0.05) is 0 Å². The van der Waals surface area contributed by atoms with Gasteiger partial charge >= 0.3 is 0 Å². The lowest BCUT2D eigenvalue weighted by molar-refractivity contribution is -0.384. The molecule has 9 heteroatoms. The molecule has 0 saturated heterocycles. The van der Waals surface area contributed by atoms with E-state index >= 15 is 0 Å². The third-order valence-electron chi connectivity index (χ3n) is 4.62. The molecule has 1 aliphatic carbocycles. The van der Waals surface area contributed by atoms with Crippen molar-refractivity contribution >= 4 is 21.4 Å². The Morgan fingerprint density at radius 2 is 1.96 bits per heavy atom. The molecule has 0 bridgehead atoms. The van der Waals surface area contributed by atoms with E-state index in [0.29, 0.717) is 11.6 Å². The van der Waals surface area contributed by atoms with Crippen molar-refractivity contribution in [3.05, 3.63) is 28.3 Å². The van der Waals surface area contributed by atoms with Crippen LogP contribution < -0.4 is 10.0 Å². The van der Waals surface area contributed by atoms with E-state index in [-0.39, 0.29) is 16.6 Å². The van der Waals surface area contributed by atoms with Crippen molar-refractivity contribution in [2.24, 2.45) is 11.1 Å². The Balaban J connectivity index is 2.23. The predicted octanol–water partition coefficient (Wildman–Crippen LogP) is 1.88. The standard InChI is InChI=1S/C15H23N3O5S/c1-17(12-5-3-11(4-6-12)10-23-2)14-8-7-13(24(16,21)22)9-15(14)18(19)20/h7-9,11-12H,3-6,10H2,1-2H3,(H2,16,21,22)/t11-,12+. The maximum absolute atomic E-state index is 11.4. The van der Waals surface area contributed by atoms with E-state index in [4.69, 9.17) is 9.88 Å². The summed E-state index contributed by atoms with van der Waals surface area (Å²) in [6, 6.07) is 3.97. The number of methoxy groups -OCH3 is 1. The fourth-order valence-corrected chi connectivity index (χ4v) is 3.79. The van der Waals surface area contributed by atoms with Gasteiger partial charge in [0.25, 0.3) is 5.69 Å². The number of nitrogens with zero attached hydrogens (tertiary/aromatic N) is 2. The maximum Gasteiger partial charge on any atom is 0.293 e. The van der Waals surface area contributed by atoms with Crippen LogP contribution in [0, 0.1) is 16.0 Å². The van der Waals surface area contributed by atoms with Gasteiger partial charge in [-0.2, -0.15) is 0 Å². The van der Waals surface area contributed by atoms with Crippen molar-refractivity contribution in [1.29, 1.82) is 0 Å². The summed E-state index contributed by atoms with van der Waals surface area (Å²) in [5.41, 5.74) is 0.158. The van der Waals surface area contributed by atoms with E-state index in [1.165, 1.54) is 12.1 Å². The fourth-order valence-electron chi connectivity index (χ4n) is 3.26. The number of sulfonamides is 1. The normalized spacial score (nSPS) is 21.5. The predicted molar refractivity (Wildman–Crippen MR) is 90.5 cm³/mol. The molecule has 8 nitrogen and oxygen atoms in total. The molecule has 2 N–H and O–H groups in total. The summed E-state index contributed by atoms with van der Waals surface area (Å²) in [7, 11) is -0.482. The van der Waals surface area contributed by atoms with Crippen LogP contribution in [0.3, 0.4) is 0 Å². The molecule has 0 amide bonds. The van der Waals surface area contributed by atoms with E-state index in [1.54, 1.807) is 14.2 Å². The highest BCUT2D eigenvalue weighted by Gasteiger charge is 2.28. The van der Waals surface area contributed by atoms with Crippen LogP contribution in [0.1, 0.15) is 25.7 Å². The number of benzene rings is 1. The third kappa shape index (κ3) is 4.22. The van der Waals surface area contributed by atoms with Gasteiger partial charge in [-0.05, 0) is 43.7 Å². The number of hydrogen-bond donors (Lipinski definition) is 1. The molecule has 1 fully saturated rings. The molecule has 2 rings (SSSR count). The van der Waals surface area contributed by atoms with Crippen LogP contribution in [0.5, 0.6) is 0 Å². The van der Waals surface area contributed by atoms with Gasteiger partial charge in [0.1, 0.15) is 5.69 Å². The first-order chi connectivity index (χ1) is 11.2. The second-order valence-corrected chi connectivity index (χ2v) is 7.75. The van der Waals surface area contributed by atoms with Gasteiger partial charge < -0.3 is 9.64 Å². The Morgan fingerprint density at radius 1 is 1.33 bits per heavy atom. The lowest BCUT2D eigenvalue weighted by Gasteiger charge is -2.35. The number of anilines is 1. The number of rotatable bonds is 6. The molecule has 0 heterocycles. The molecule has 134 valence electrons. The molecule has 0 aromatic heterocycles. The number of nitro groups is 1. The van der Waals surface area contributed by atoms with Gasteiger partial charge in [-0.25, -0.2) is 13.6 Å². The molecule has 1 saturated carbocycles. The highest BCUT2D eigenvalue weighted by atomic mass is 32.2. The summed E-state index contributed by atoms with van der Waals surface area (Å²) >= 11 is 0. The van der Waals surface area contributed by atoms with Crippen molar-refractivity contribution in [1.82, 2.24) is 0 Å². The SMILES string of the molecule is COC[C@H]1CC[C@@H](N(C)c2ccc(S(N)(=O)=O)cc2[N+](=O)[O-])CC1. The van der Waals surface area contributed by atoms with Crippen LogP contribution in [-0.4, -0.2) is 40.1 Å². The van der Waals surface area contributed by atoms with Crippen molar-refractivity contribution in [3.63, 3.8) is 0 Å². The quantitative estimate of drug-likeness (QED) is 0.614. The van der Waals surface area contributed by atoms with Crippen molar-refractivity contribution in [2.45, 2.75) is 36.6 Å². The molecule has 0 unspecified atom stereocenters.